The zero-order valence-corrected chi connectivity index (χ0v) is 11.6. The van der Waals surface area contributed by atoms with Crippen LogP contribution >= 0.6 is 11.8 Å². The van der Waals surface area contributed by atoms with Gasteiger partial charge in [-0.2, -0.15) is 11.8 Å². The molecule has 1 aromatic carbocycles. The lowest BCUT2D eigenvalue weighted by atomic mass is 10.1. The third-order valence-electron chi connectivity index (χ3n) is 2.40. The molecule has 0 radical (unpaired) electrons. The van der Waals surface area contributed by atoms with Gasteiger partial charge in [-0.25, -0.2) is 0 Å². The Bertz CT molecular complexity index is 374. The number of Topliss-reactive ketones (excluding diaryl/α,β-unsaturated/α-hetero) is 1. The van der Waals surface area contributed by atoms with Gasteiger partial charge in [0.2, 0.25) is 0 Å². The molecule has 3 heteroatoms. The first-order chi connectivity index (χ1) is 8.19. The number of ketones is 1. The molecule has 0 saturated carbocycles. The van der Waals surface area contributed by atoms with Crippen LogP contribution in [0, 0.1) is 6.92 Å². The lowest BCUT2D eigenvalue weighted by Gasteiger charge is -2.09. The number of thioether (sulfide) groups is 1. The summed E-state index contributed by atoms with van der Waals surface area (Å²) in [7, 11) is 0. The number of hydrogen-bond acceptors (Lipinski definition) is 3. The number of carbonyl (C=O) groups is 1. The molecule has 0 aliphatic carbocycles. The Morgan fingerprint density at radius 1 is 1.35 bits per heavy atom. The Balaban J connectivity index is 2.70. The Hall–Kier alpha value is -0.960. The van der Waals surface area contributed by atoms with Gasteiger partial charge in [0.05, 0.1) is 12.4 Å². The maximum Gasteiger partial charge on any atom is 0.172 e. The van der Waals surface area contributed by atoms with Gasteiger partial charge in [-0.05, 0) is 42.9 Å². The quantitative estimate of drug-likeness (QED) is 0.692. The van der Waals surface area contributed by atoms with Crippen molar-refractivity contribution in [2.24, 2.45) is 0 Å². The molecule has 0 spiro atoms. The Labute approximate surface area is 108 Å². The molecule has 0 aliphatic heterocycles. The van der Waals surface area contributed by atoms with Crippen LogP contribution in [-0.4, -0.2) is 23.9 Å². The summed E-state index contributed by atoms with van der Waals surface area (Å²) in [5.41, 5.74) is 1.82. The van der Waals surface area contributed by atoms with Gasteiger partial charge in [0.15, 0.2) is 5.78 Å². The van der Waals surface area contributed by atoms with E-state index < -0.39 is 0 Å². The van der Waals surface area contributed by atoms with E-state index in [9.17, 15) is 4.79 Å². The summed E-state index contributed by atoms with van der Waals surface area (Å²) in [6, 6.07) is 5.68. The average Bonchev–Trinajstić information content (AvgIpc) is 2.34. The maximum absolute atomic E-state index is 11.8. The van der Waals surface area contributed by atoms with Gasteiger partial charge in [-0.3, -0.25) is 4.79 Å². The van der Waals surface area contributed by atoms with Gasteiger partial charge in [-0.1, -0.05) is 13.8 Å². The van der Waals surface area contributed by atoms with Crippen LogP contribution in [0.5, 0.6) is 5.75 Å². The molecule has 0 aromatic heterocycles. The van der Waals surface area contributed by atoms with E-state index >= 15 is 0 Å². The standard InChI is InChI=1S/C14H20O2S/c1-4-8-16-14-7-6-12(9-11(14)3)13(15)10-17-5-2/h6-7,9H,4-5,8,10H2,1-3H3. The predicted octanol–water partition coefficient (Wildman–Crippen LogP) is 3.72. The topological polar surface area (TPSA) is 26.3 Å². The van der Waals surface area contributed by atoms with Crippen molar-refractivity contribution in [1.82, 2.24) is 0 Å². The lowest BCUT2D eigenvalue weighted by Crippen LogP contribution is -2.04. The van der Waals surface area contributed by atoms with Crippen LogP contribution in [0.1, 0.15) is 36.2 Å². The molecule has 0 aliphatic rings. The molecule has 94 valence electrons. The Kier molecular flexibility index (Phi) is 6.12. The first-order valence-corrected chi connectivity index (χ1v) is 7.18. The zero-order chi connectivity index (χ0) is 12.7. The molecular weight excluding hydrogens is 232 g/mol. The van der Waals surface area contributed by atoms with Gasteiger partial charge in [-0.15, -0.1) is 0 Å². The van der Waals surface area contributed by atoms with E-state index in [1.165, 1.54) is 0 Å². The third kappa shape index (κ3) is 4.43. The molecule has 2 nitrogen and oxygen atoms in total. The average molecular weight is 252 g/mol. The van der Waals surface area contributed by atoms with Gasteiger partial charge >= 0.3 is 0 Å². The molecular formula is C14H20O2S. The largest absolute Gasteiger partial charge is 0.493 e. The van der Waals surface area contributed by atoms with E-state index in [1.54, 1.807) is 11.8 Å². The fourth-order valence-electron chi connectivity index (χ4n) is 1.47. The summed E-state index contributed by atoms with van der Waals surface area (Å²) >= 11 is 1.65. The van der Waals surface area contributed by atoms with Gasteiger partial charge in [0, 0.05) is 5.56 Å². The fraction of sp³-hybridized carbons (Fsp3) is 0.500. The van der Waals surface area contributed by atoms with Gasteiger partial charge < -0.3 is 4.74 Å². The highest BCUT2D eigenvalue weighted by Gasteiger charge is 2.08. The number of carbonyl (C=O) groups excluding carboxylic acids is 1. The summed E-state index contributed by atoms with van der Waals surface area (Å²) in [5.74, 6) is 2.61. The van der Waals surface area contributed by atoms with E-state index in [2.05, 4.69) is 13.8 Å². The molecule has 1 aromatic rings. The summed E-state index contributed by atoms with van der Waals surface area (Å²) in [6.45, 7) is 6.84. The second-order valence-corrected chi connectivity index (χ2v) is 5.16. The molecule has 0 fully saturated rings. The molecule has 0 heterocycles. The van der Waals surface area contributed by atoms with Crippen LogP contribution in [0.15, 0.2) is 18.2 Å². The molecule has 0 amide bonds. The van der Waals surface area contributed by atoms with Crippen molar-refractivity contribution in [3.63, 3.8) is 0 Å². The molecule has 0 unspecified atom stereocenters. The van der Waals surface area contributed by atoms with E-state index in [4.69, 9.17) is 4.74 Å². The second-order valence-electron chi connectivity index (χ2n) is 3.89. The fourth-order valence-corrected chi connectivity index (χ4v) is 2.03. The van der Waals surface area contributed by atoms with E-state index in [0.717, 1.165) is 35.7 Å². The predicted molar refractivity (Wildman–Crippen MR) is 74.3 cm³/mol. The van der Waals surface area contributed by atoms with Crippen LogP contribution in [-0.2, 0) is 0 Å². The van der Waals surface area contributed by atoms with Crippen molar-refractivity contribution in [2.75, 3.05) is 18.1 Å². The number of hydrogen-bond donors (Lipinski definition) is 0. The molecule has 17 heavy (non-hydrogen) atoms. The highest BCUT2D eigenvalue weighted by Crippen LogP contribution is 2.20. The zero-order valence-electron chi connectivity index (χ0n) is 10.8. The monoisotopic (exact) mass is 252 g/mol. The Morgan fingerprint density at radius 3 is 2.71 bits per heavy atom. The van der Waals surface area contributed by atoms with Crippen LogP contribution in [0.2, 0.25) is 0 Å². The van der Waals surface area contributed by atoms with E-state index in [0.29, 0.717) is 5.75 Å². The molecule has 0 N–H and O–H groups in total. The highest BCUT2D eigenvalue weighted by atomic mass is 32.2. The van der Waals surface area contributed by atoms with Gasteiger partial charge in [0.25, 0.3) is 0 Å². The molecule has 1 rings (SSSR count). The number of ether oxygens (including phenoxy) is 1. The highest BCUT2D eigenvalue weighted by molar-refractivity contribution is 7.99. The van der Waals surface area contributed by atoms with E-state index in [1.807, 2.05) is 25.1 Å². The van der Waals surface area contributed by atoms with Crippen molar-refractivity contribution in [1.29, 1.82) is 0 Å². The minimum absolute atomic E-state index is 0.196. The number of benzene rings is 1. The molecule has 0 atom stereocenters. The van der Waals surface area contributed by atoms with Crippen molar-refractivity contribution < 1.29 is 9.53 Å². The Morgan fingerprint density at radius 2 is 2.12 bits per heavy atom. The minimum Gasteiger partial charge on any atom is -0.493 e. The summed E-state index contributed by atoms with van der Waals surface area (Å²) in [5, 5.41) is 0. The van der Waals surface area contributed by atoms with Crippen molar-refractivity contribution >= 4 is 17.5 Å². The van der Waals surface area contributed by atoms with Gasteiger partial charge in [0.1, 0.15) is 5.75 Å². The molecule has 0 bridgehead atoms. The first-order valence-electron chi connectivity index (χ1n) is 6.03. The van der Waals surface area contributed by atoms with Crippen molar-refractivity contribution in [3.8, 4) is 5.75 Å². The molecule has 0 saturated heterocycles. The minimum atomic E-state index is 0.196. The lowest BCUT2D eigenvalue weighted by molar-refractivity contribution is 0.102. The third-order valence-corrected chi connectivity index (χ3v) is 3.27. The SMILES string of the molecule is CCCOc1ccc(C(=O)CSCC)cc1C. The van der Waals surface area contributed by atoms with Crippen LogP contribution in [0.3, 0.4) is 0 Å². The normalized spacial score (nSPS) is 10.3. The maximum atomic E-state index is 11.8. The summed E-state index contributed by atoms with van der Waals surface area (Å²) in [6.07, 6.45) is 0.993. The van der Waals surface area contributed by atoms with Crippen molar-refractivity contribution in [3.05, 3.63) is 29.3 Å². The summed E-state index contributed by atoms with van der Waals surface area (Å²) in [4.78, 5) is 11.8. The first kappa shape index (κ1) is 14.1. The smallest absolute Gasteiger partial charge is 0.172 e. The van der Waals surface area contributed by atoms with E-state index in [-0.39, 0.29) is 5.78 Å². The second kappa shape index (κ2) is 7.38. The number of aryl methyl sites for hydroxylation is 1. The van der Waals surface area contributed by atoms with Crippen molar-refractivity contribution in [2.45, 2.75) is 27.2 Å². The van der Waals surface area contributed by atoms with Crippen LogP contribution < -0.4 is 4.74 Å². The number of rotatable bonds is 7. The van der Waals surface area contributed by atoms with Crippen LogP contribution in [0.4, 0.5) is 0 Å². The van der Waals surface area contributed by atoms with Crippen LogP contribution in [0.25, 0.3) is 0 Å². The summed E-state index contributed by atoms with van der Waals surface area (Å²) < 4.78 is 5.59.